The number of nitrogens with one attached hydrogen (secondary N) is 1. The maximum absolute atomic E-state index is 5.57. The number of nitrogens with two attached hydrogens (primary N) is 1. The normalized spacial score (nSPS) is 13.8. The average molecular weight is 283 g/mol. The molecule has 2 heterocycles. The molecule has 0 fully saturated rings. The van der Waals surface area contributed by atoms with Crippen molar-refractivity contribution in [2.45, 2.75) is 38.6 Å². The van der Waals surface area contributed by atoms with Crippen LogP contribution >= 0.6 is 22.9 Å². The molecule has 0 saturated carbocycles. The maximum atomic E-state index is 5.57. The molecule has 0 amide bonds. The van der Waals surface area contributed by atoms with Crippen molar-refractivity contribution in [2.24, 2.45) is 5.84 Å². The number of aromatic nitrogens is 3. The summed E-state index contributed by atoms with van der Waals surface area (Å²) in [7, 11) is 0. The molecule has 0 aromatic carbocycles. The second kappa shape index (κ2) is 5.40. The summed E-state index contributed by atoms with van der Waals surface area (Å²) in [5, 5.41) is 9.13. The molecule has 2 aromatic heterocycles. The summed E-state index contributed by atoms with van der Waals surface area (Å²) in [5.74, 6) is 5.57. The molecule has 0 aliphatic rings. The Bertz CT molecular complexity index is 486. The van der Waals surface area contributed by atoms with Gasteiger partial charge in [-0.15, -0.1) is 16.4 Å². The van der Waals surface area contributed by atoms with Crippen LogP contribution in [0.5, 0.6) is 0 Å². The zero-order chi connectivity index (χ0) is 13.2. The quantitative estimate of drug-likeness (QED) is 0.663. The first-order valence-electron chi connectivity index (χ1n) is 5.68. The highest BCUT2D eigenvalue weighted by molar-refractivity contribution is 7.09. The Kier molecular flexibility index (Phi) is 4.06. The highest BCUT2D eigenvalue weighted by Crippen LogP contribution is 2.26. The summed E-state index contributed by atoms with van der Waals surface area (Å²) in [5.41, 5.74) is 4.85. The standard InChI is InChI=1S/C11H17N5S2/c1-11(2,3)9-6-17-10(13-9)4-7(14-12)8-5-18-16-15-8/h5-7,14H,4,12H2,1-3H3. The van der Waals surface area contributed by atoms with Crippen molar-refractivity contribution < 1.29 is 0 Å². The molecule has 2 aromatic rings. The molecule has 18 heavy (non-hydrogen) atoms. The van der Waals surface area contributed by atoms with Gasteiger partial charge in [-0.25, -0.2) is 4.98 Å². The number of hydrogen-bond donors (Lipinski definition) is 2. The van der Waals surface area contributed by atoms with E-state index in [1.54, 1.807) is 11.3 Å². The molecule has 98 valence electrons. The van der Waals surface area contributed by atoms with Gasteiger partial charge in [-0.3, -0.25) is 11.3 Å². The smallest absolute Gasteiger partial charge is 0.0948 e. The SMILES string of the molecule is CC(C)(C)c1csc(CC(NN)c2csnn2)n1. The maximum Gasteiger partial charge on any atom is 0.0948 e. The van der Waals surface area contributed by atoms with Crippen LogP contribution in [0.1, 0.15) is 43.2 Å². The van der Waals surface area contributed by atoms with Crippen molar-refractivity contribution in [3.63, 3.8) is 0 Å². The van der Waals surface area contributed by atoms with E-state index in [0.717, 1.165) is 22.8 Å². The molecule has 0 bridgehead atoms. The second-order valence-electron chi connectivity index (χ2n) is 5.13. The van der Waals surface area contributed by atoms with Crippen LogP contribution < -0.4 is 11.3 Å². The predicted octanol–water partition coefficient (Wildman–Crippen LogP) is 2.04. The van der Waals surface area contributed by atoms with E-state index in [2.05, 4.69) is 46.1 Å². The summed E-state index contributed by atoms with van der Waals surface area (Å²) in [6.07, 6.45) is 0.739. The average Bonchev–Trinajstić information content (AvgIpc) is 2.95. The highest BCUT2D eigenvalue weighted by Gasteiger charge is 2.20. The summed E-state index contributed by atoms with van der Waals surface area (Å²) >= 11 is 3.00. The Morgan fingerprint density at radius 3 is 2.67 bits per heavy atom. The van der Waals surface area contributed by atoms with Gasteiger partial charge in [0.05, 0.1) is 22.4 Å². The minimum atomic E-state index is -0.0253. The molecule has 0 saturated heterocycles. The Morgan fingerprint density at radius 1 is 1.39 bits per heavy atom. The van der Waals surface area contributed by atoms with Gasteiger partial charge in [0.25, 0.3) is 0 Å². The zero-order valence-corrected chi connectivity index (χ0v) is 12.3. The van der Waals surface area contributed by atoms with E-state index in [-0.39, 0.29) is 11.5 Å². The lowest BCUT2D eigenvalue weighted by molar-refractivity contribution is 0.529. The minimum Gasteiger partial charge on any atom is -0.271 e. The summed E-state index contributed by atoms with van der Waals surface area (Å²) in [6.45, 7) is 6.48. The number of nitrogens with zero attached hydrogens (tertiary/aromatic N) is 3. The Morgan fingerprint density at radius 2 is 2.17 bits per heavy atom. The number of thiazole rings is 1. The first kappa shape index (κ1) is 13.5. The summed E-state index contributed by atoms with van der Waals surface area (Å²) in [6, 6.07) is -0.0253. The van der Waals surface area contributed by atoms with E-state index in [1.807, 2.05) is 5.38 Å². The predicted molar refractivity (Wildman–Crippen MR) is 74.5 cm³/mol. The zero-order valence-electron chi connectivity index (χ0n) is 10.7. The number of rotatable bonds is 4. The Labute approximate surface area is 115 Å². The lowest BCUT2D eigenvalue weighted by Gasteiger charge is -2.14. The Balaban J connectivity index is 2.11. The van der Waals surface area contributed by atoms with Gasteiger partial charge in [-0.05, 0) is 11.5 Å². The molecule has 3 N–H and O–H groups in total. The van der Waals surface area contributed by atoms with Gasteiger partial charge >= 0.3 is 0 Å². The molecule has 1 atom stereocenters. The van der Waals surface area contributed by atoms with Gasteiger partial charge in [0.15, 0.2) is 0 Å². The molecular formula is C11H17N5S2. The highest BCUT2D eigenvalue weighted by atomic mass is 32.1. The van der Waals surface area contributed by atoms with Gasteiger partial charge in [0, 0.05) is 22.6 Å². The number of hydrazine groups is 1. The van der Waals surface area contributed by atoms with Gasteiger partial charge in [-0.1, -0.05) is 25.3 Å². The van der Waals surface area contributed by atoms with Crippen LogP contribution in [-0.2, 0) is 11.8 Å². The summed E-state index contributed by atoms with van der Waals surface area (Å²) < 4.78 is 3.86. The van der Waals surface area contributed by atoms with Crippen LogP contribution in [0.4, 0.5) is 0 Å². The van der Waals surface area contributed by atoms with Gasteiger partial charge in [0.2, 0.25) is 0 Å². The molecule has 0 radical (unpaired) electrons. The van der Waals surface area contributed by atoms with Crippen LogP contribution in [0, 0.1) is 0 Å². The fraction of sp³-hybridized carbons (Fsp3) is 0.545. The van der Waals surface area contributed by atoms with Crippen LogP contribution in [0.3, 0.4) is 0 Å². The van der Waals surface area contributed by atoms with Crippen molar-refractivity contribution in [3.05, 3.63) is 27.2 Å². The molecule has 0 aliphatic heterocycles. The van der Waals surface area contributed by atoms with Crippen LogP contribution in [-0.4, -0.2) is 14.6 Å². The lowest BCUT2D eigenvalue weighted by Crippen LogP contribution is -2.29. The van der Waals surface area contributed by atoms with E-state index in [1.165, 1.54) is 11.5 Å². The third kappa shape index (κ3) is 3.11. The molecule has 0 spiro atoms. The van der Waals surface area contributed by atoms with Gasteiger partial charge in [-0.2, -0.15) is 0 Å². The fourth-order valence-corrected chi connectivity index (χ4v) is 3.07. The largest absolute Gasteiger partial charge is 0.271 e. The first-order chi connectivity index (χ1) is 8.50. The van der Waals surface area contributed by atoms with Crippen molar-refractivity contribution in [3.8, 4) is 0 Å². The van der Waals surface area contributed by atoms with Crippen molar-refractivity contribution >= 4 is 22.9 Å². The minimum absolute atomic E-state index is 0.0253. The molecule has 0 aliphatic carbocycles. The molecule has 2 rings (SSSR count). The molecule has 7 heteroatoms. The Hall–Kier alpha value is -0.890. The fourth-order valence-electron chi connectivity index (χ4n) is 1.50. The van der Waals surface area contributed by atoms with Crippen molar-refractivity contribution in [1.82, 2.24) is 20.0 Å². The van der Waals surface area contributed by atoms with E-state index in [9.17, 15) is 0 Å². The van der Waals surface area contributed by atoms with Crippen LogP contribution in [0.25, 0.3) is 0 Å². The molecular weight excluding hydrogens is 266 g/mol. The third-order valence-corrected chi connectivity index (χ3v) is 4.03. The van der Waals surface area contributed by atoms with E-state index in [4.69, 9.17) is 5.84 Å². The second-order valence-corrected chi connectivity index (χ2v) is 6.68. The van der Waals surface area contributed by atoms with E-state index < -0.39 is 0 Å². The summed E-state index contributed by atoms with van der Waals surface area (Å²) in [4.78, 5) is 4.66. The first-order valence-corrected chi connectivity index (χ1v) is 7.40. The van der Waals surface area contributed by atoms with Crippen LogP contribution in [0.2, 0.25) is 0 Å². The lowest BCUT2D eigenvalue weighted by atomic mass is 9.93. The molecule has 1 unspecified atom stereocenters. The van der Waals surface area contributed by atoms with Crippen molar-refractivity contribution in [1.29, 1.82) is 0 Å². The monoisotopic (exact) mass is 283 g/mol. The topological polar surface area (TPSA) is 76.7 Å². The van der Waals surface area contributed by atoms with E-state index in [0.29, 0.717) is 0 Å². The third-order valence-electron chi connectivity index (χ3n) is 2.63. The number of hydrogen-bond acceptors (Lipinski definition) is 7. The van der Waals surface area contributed by atoms with Gasteiger partial charge in [0.1, 0.15) is 0 Å². The molecule has 5 nitrogen and oxygen atoms in total. The van der Waals surface area contributed by atoms with Crippen molar-refractivity contribution in [2.75, 3.05) is 0 Å². The van der Waals surface area contributed by atoms with Crippen LogP contribution in [0.15, 0.2) is 10.8 Å². The van der Waals surface area contributed by atoms with E-state index >= 15 is 0 Å². The van der Waals surface area contributed by atoms with Gasteiger partial charge < -0.3 is 0 Å².